The molecule has 19 heteroatoms. The smallest absolute Gasteiger partial charge is 0.408 e. The first-order chi connectivity index (χ1) is 43.8. The number of hydrogen-bond acceptors (Lipinski definition) is 13. The van der Waals surface area contributed by atoms with E-state index < -0.39 is 25.6 Å². The lowest BCUT2D eigenvalue weighted by Crippen LogP contribution is -2.41. The third-order valence-electron chi connectivity index (χ3n) is 13.3. The van der Waals surface area contributed by atoms with Crippen molar-refractivity contribution in [3.8, 4) is 52.9 Å². The minimum absolute atomic E-state index is 0.00876. The van der Waals surface area contributed by atoms with Gasteiger partial charge in [0.15, 0.2) is 8.32 Å². The molecule has 0 aliphatic rings. The average Bonchev–Trinajstić information content (AvgIpc) is 0.943. The van der Waals surface area contributed by atoms with Crippen LogP contribution >= 0.6 is 61.1 Å². The lowest BCUT2D eigenvalue weighted by molar-refractivity contribution is 0.0494. The highest BCUT2D eigenvalue weighted by Crippen LogP contribution is 2.36. The highest BCUT2D eigenvalue weighted by molar-refractivity contribution is 14.1. The Morgan fingerprint density at radius 2 is 1.07 bits per heavy atom. The van der Waals surface area contributed by atoms with Gasteiger partial charge in [-0.2, -0.15) is 0 Å². The van der Waals surface area contributed by atoms with Crippen LogP contribution in [0.25, 0.3) is 0 Å². The lowest BCUT2D eigenvalue weighted by atomic mass is 10.0. The normalized spacial score (nSPS) is 11.6. The number of carbonyl (C=O) groups excluding carboxylic acids is 2. The van der Waals surface area contributed by atoms with Gasteiger partial charge in [0, 0.05) is 23.9 Å². The predicted molar refractivity (Wildman–Crippen MR) is 410 cm³/mol. The second-order valence-corrected chi connectivity index (χ2v) is 33.4. The summed E-state index contributed by atoms with van der Waals surface area (Å²) in [6.45, 7) is 42.0. The summed E-state index contributed by atoms with van der Waals surface area (Å²) in [5, 5.41) is 51.3. The number of aryl methyl sites for hydroxylation is 6. The number of halogens is 3. The Kier molecular flexibility index (Phi) is 47.6. The fraction of sp³-hybridized carbons (Fsp3) is 0.520. The van der Waals surface area contributed by atoms with E-state index in [0.717, 1.165) is 89.6 Å². The minimum atomic E-state index is -1.46. The third kappa shape index (κ3) is 45.2. The topological polar surface area (TPSA) is 215 Å². The van der Waals surface area contributed by atoms with Crippen LogP contribution in [0.15, 0.2) is 97.1 Å². The van der Waals surface area contributed by atoms with Gasteiger partial charge in [0.1, 0.15) is 59.8 Å². The molecule has 526 valence electrons. The zero-order valence-corrected chi connectivity index (χ0v) is 66.8. The number of phenolic OH excluding ortho intramolecular Hbond substituents is 2. The largest absolute Gasteiger partial charge is 0.508 e. The third-order valence-corrected chi connectivity index (χ3v) is 20.0. The van der Waals surface area contributed by atoms with Gasteiger partial charge < -0.3 is 64.3 Å². The summed E-state index contributed by atoms with van der Waals surface area (Å²) < 4.78 is 34.8. The molecule has 5 aromatic carbocycles. The van der Waals surface area contributed by atoms with E-state index in [-0.39, 0.29) is 51.2 Å². The van der Waals surface area contributed by atoms with Crippen molar-refractivity contribution < 1.29 is 63.2 Å². The van der Waals surface area contributed by atoms with Gasteiger partial charge in [-0.25, -0.2) is 9.59 Å². The molecule has 0 fully saturated rings. The Hall–Kier alpha value is -5.24. The number of aromatic hydroxyl groups is 2. The van der Waals surface area contributed by atoms with Gasteiger partial charge in [-0.1, -0.05) is 119 Å². The second kappa shape index (κ2) is 49.3. The van der Waals surface area contributed by atoms with Crippen LogP contribution in [0.1, 0.15) is 155 Å². The quantitative estimate of drug-likeness (QED) is 0.0167. The van der Waals surface area contributed by atoms with E-state index in [4.69, 9.17) is 60.1 Å². The fourth-order valence-electron chi connectivity index (χ4n) is 6.96. The Balaban J connectivity index is 0. The first-order valence-electron chi connectivity index (χ1n) is 31.9. The predicted octanol–water partition coefficient (Wildman–Crippen LogP) is 17.7. The monoisotopic (exact) mass is 1610 g/mol. The lowest BCUT2D eigenvalue weighted by Gasteiger charge is -2.35. The summed E-state index contributed by atoms with van der Waals surface area (Å²) in [7, 11) is -1.46. The van der Waals surface area contributed by atoms with Gasteiger partial charge in [0.25, 0.3) is 0 Å². The van der Waals surface area contributed by atoms with Crippen LogP contribution in [-0.4, -0.2) is 121 Å². The highest BCUT2D eigenvalue weighted by Gasteiger charge is 2.36. The average molecular weight is 1610 g/mol. The van der Waals surface area contributed by atoms with Crippen molar-refractivity contribution in [1.82, 2.24) is 10.6 Å². The fourth-order valence-corrected chi connectivity index (χ4v) is 9.29. The molecule has 0 heterocycles. The van der Waals surface area contributed by atoms with E-state index in [0.29, 0.717) is 41.2 Å². The maximum atomic E-state index is 11.9. The zero-order chi connectivity index (χ0) is 72.3. The second-order valence-electron chi connectivity index (χ2n) is 25.5. The van der Waals surface area contributed by atoms with Gasteiger partial charge in [-0.3, -0.25) is 0 Å². The van der Waals surface area contributed by atoms with Crippen molar-refractivity contribution in [2.45, 2.75) is 198 Å². The number of carbonyl (C=O) groups is 2. The molecule has 0 bridgehead atoms. The Morgan fingerprint density at radius 3 is 1.50 bits per heavy atom. The molecule has 5 rings (SSSR count). The molecule has 0 unspecified atom stereocenters. The van der Waals surface area contributed by atoms with Gasteiger partial charge in [-0.15, -0.1) is 12.3 Å². The van der Waals surface area contributed by atoms with Crippen LogP contribution in [0.5, 0.6) is 28.7 Å². The number of hydrogen-bond donors (Lipinski definition) is 7. The number of phenols is 2. The molecular weight excluding hydrogens is 1500 g/mol. The molecule has 0 saturated carbocycles. The summed E-state index contributed by atoms with van der Waals surface area (Å²) in [4.78, 5) is 23.7. The molecule has 3 atom stereocenters. The van der Waals surface area contributed by atoms with Gasteiger partial charge >= 0.3 is 12.2 Å². The molecule has 94 heavy (non-hydrogen) atoms. The molecule has 0 aromatic heterocycles. The molecular formula is C75H113BrI2N2O13Si. The molecule has 0 radical (unpaired) electrons. The molecule has 7 N–H and O–H groups in total. The molecule has 5 aromatic rings. The molecule has 0 aliphatic carbocycles. The van der Waals surface area contributed by atoms with Gasteiger partial charge in [0.05, 0.1) is 38.6 Å². The van der Waals surface area contributed by atoms with E-state index >= 15 is 0 Å². The van der Waals surface area contributed by atoms with Gasteiger partial charge in [-0.05, 0) is 260 Å². The first kappa shape index (κ1) is 90.8. The summed E-state index contributed by atoms with van der Waals surface area (Å²) in [5.74, 6) is 12.1. The molecule has 2 amide bonds. The number of terminal acetylenes is 1. The number of benzene rings is 5. The molecule has 15 nitrogen and oxygen atoms in total. The van der Waals surface area contributed by atoms with Crippen molar-refractivity contribution in [1.29, 1.82) is 0 Å². The first-order valence-corrected chi connectivity index (χ1v) is 38.1. The Morgan fingerprint density at radius 1 is 0.606 bits per heavy atom. The van der Waals surface area contributed by atoms with E-state index in [1.165, 1.54) is 5.56 Å². The maximum absolute atomic E-state index is 11.9. The van der Waals surface area contributed by atoms with E-state index in [1.54, 1.807) is 18.2 Å². The van der Waals surface area contributed by atoms with Crippen LogP contribution in [-0.2, 0) is 20.3 Å². The number of aliphatic hydroxyl groups is 3. The Bertz CT molecular complexity index is 3020. The van der Waals surface area contributed by atoms with Crippen molar-refractivity contribution in [2.75, 3.05) is 51.6 Å². The summed E-state index contributed by atoms with van der Waals surface area (Å²) in [5.41, 5.74) is 6.28. The number of alkyl halides is 1. The standard InChI is InChI=1S/C19H31NO4.C19H27NO4.C9H11IO2.C8H19BrOSi.C7H7IO.C7H8O.C6H10/c2*1-6-16(20-18(22)24-19(3,4)5)10-9-15-8-7-14(2)13-17(15)23-12-11-21;1-7-2-3-8(10)9(6-7)12-5-4-11;1-8(2,3)11(4,5)10-7-6-9;1-5-2-3-6(8)7(9)4-5;1-6-3-2-4-7(8)5-6;1-4-6(3)5-2/h7-8,13,16,21H,6,9-12H2,1-5H3,(H,20,22);7-8,13,16,21H,6,11-12H2,1-5H3,(H,20,22);2-3,6,11H,4-5H2,1H3;6-7H2,1-5H3;2-4,9H,1H3;2-5,8H,1H3;1,6H,5H2,2-3H3/t2*16-;;;;;6-/m11....0/s1. The molecule has 0 aliphatic heterocycles. The summed E-state index contributed by atoms with van der Waals surface area (Å²) in [6.07, 6.45) is 8.34. The number of alkyl carbamates (subject to hydrolysis) is 2. The van der Waals surface area contributed by atoms with Crippen LogP contribution in [0.2, 0.25) is 18.1 Å². The van der Waals surface area contributed by atoms with Crippen LogP contribution in [0.3, 0.4) is 0 Å². The Labute approximate surface area is 602 Å². The zero-order valence-electron chi connectivity index (χ0n) is 59.9. The van der Waals surface area contributed by atoms with Crippen molar-refractivity contribution in [3.05, 3.63) is 143 Å². The summed E-state index contributed by atoms with van der Waals surface area (Å²) >= 11 is 7.67. The van der Waals surface area contributed by atoms with Crippen molar-refractivity contribution in [2.24, 2.45) is 5.92 Å². The number of aliphatic hydroxyl groups excluding tert-OH is 3. The molecule has 0 saturated heterocycles. The minimum Gasteiger partial charge on any atom is -0.508 e. The van der Waals surface area contributed by atoms with E-state index in [2.05, 4.69) is 130 Å². The van der Waals surface area contributed by atoms with E-state index in [1.807, 2.05) is 176 Å². The summed E-state index contributed by atoms with van der Waals surface area (Å²) in [6, 6.07) is 30.3. The van der Waals surface area contributed by atoms with Crippen molar-refractivity contribution >= 4 is 81.6 Å². The van der Waals surface area contributed by atoms with Crippen molar-refractivity contribution in [3.63, 3.8) is 0 Å². The van der Waals surface area contributed by atoms with E-state index in [9.17, 15) is 9.59 Å². The van der Waals surface area contributed by atoms with Crippen LogP contribution in [0, 0.1) is 71.9 Å². The number of rotatable bonds is 20. The van der Waals surface area contributed by atoms with Crippen LogP contribution in [0.4, 0.5) is 9.59 Å². The molecule has 0 spiro atoms. The maximum Gasteiger partial charge on any atom is 0.408 e. The highest BCUT2D eigenvalue weighted by atomic mass is 127. The van der Waals surface area contributed by atoms with Crippen LogP contribution < -0.4 is 24.8 Å². The number of nitrogens with one attached hydrogen (secondary N) is 2. The number of amides is 2. The SMILES string of the molecule is C#C[C@H](C)CC.CC(C)(C)[Si](C)(C)OCCBr.CC[C@H](C#Cc1ccc(C)cc1OCCO)NC(=O)OC(C)(C)C.CC[C@H](CCc1ccc(C)cc1OCCO)NC(=O)OC(C)(C)C.Cc1ccc(I)c(O)c1.Cc1ccc(I)c(OCCO)c1.Cc1cccc(O)c1. The van der Waals surface area contributed by atoms with Gasteiger partial charge in [0.2, 0.25) is 0 Å². The number of ether oxygens (including phenoxy) is 5.